The van der Waals surface area contributed by atoms with Crippen molar-refractivity contribution in [3.8, 4) is 0 Å². The van der Waals surface area contributed by atoms with E-state index in [1.807, 2.05) is 62.4 Å². The third-order valence-electron chi connectivity index (χ3n) is 6.90. The second-order valence-electron chi connectivity index (χ2n) is 10.2. The number of benzene rings is 3. The van der Waals surface area contributed by atoms with Crippen molar-refractivity contribution in [3.63, 3.8) is 0 Å². The number of hydrogen-bond acceptors (Lipinski definition) is 5. The van der Waals surface area contributed by atoms with Crippen LogP contribution in [-0.4, -0.2) is 48.2 Å². The van der Waals surface area contributed by atoms with Crippen LogP contribution in [-0.2, 0) is 9.53 Å². The lowest BCUT2D eigenvalue weighted by molar-refractivity contribution is -0.137. The van der Waals surface area contributed by atoms with E-state index in [9.17, 15) is 19.5 Å². The van der Waals surface area contributed by atoms with Crippen molar-refractivity contribution in [2.24, 2.45) is 0 Å². The van der Waals surface area contributed by atoms with Crippen molar-refractivity contribution < 1.29 is 24.2 Å². The summed E-state index contributed by atoms with van der Waals surface area (Å²) >= 11 is 0. The fraction of sp³-hybridized carbons (Fsp3) is 0.323. The molecule has 1 aliphatic heterocycles. The van der Waals surface area contributed by atoms with Gasteiger partial charge >= 0.3 is 5.97 Å². The molecule has 0 spiro atoms. The number of carboxylic acid groups (broad SMARTS) is 1. The molecule has 0 bridgehead atoms. The van der Waals surface area contributed by atoms with Crippen LogP contribution in [0.2, 0.25) is 0 Å². The third-order valence-corrected chi connectivity index (χ3v) is 6.90. The summed E-state index contributed by atoms with van der Waals surface area (Å²) in [5.41, 5.74) is 4.82. The Labute approximate surface area is 229 Å². The summed E-state index contributed by atoms with van der Waals surface area (Å²) in [6.07, 6.45) is -0.257. The number of aliphatic carboxylic acids is 1. The van der Waals surface area contributed by atoms with Gasteiger partial charge in [-0.25, -0.2) is 0 Å². The van der Waals surface area contributed by atoms with Crippen LogP contribution in [0.15, 0.2) is 66.7 Å². The van der Waals surface area contributed by atoms with Gasteiger partial charge in [0.1, 0.15) is 0 Å². The Hall–Kier alpha value is -4.17. The number of hydrogen-bond donors (Lipinski definition) is 3. The molecule has 0 radical (unpaired) electrons. The molecule has 3 aromatic rings. The number of nitrogens with zero attached hydrogens (tertiary/aromatic N) is 1. The van der Waals surface area contributed by atoms with E-state index < -0.39 is 17.9 Å². The molecule has 1 heterocycles. The van der Waals surface area contributed by atoms with Gasteiger partial charge in [-0.05, 0) is 63.6 Å². The van der Waals surface area contributed by atoms with Crippen molar-refractivity contribution in [1.29, 1.82) is 0 Å². The molecule has 0 saturated carbocycles. The highest BCUT2D eigenvalue weighted by molar-refractivity contribution is 6.07. The van der Waals surface area contributed by atoms with Gasteiger partial charge in [0.05, 0.1) is 37.1 Å². The largest absolute Gasteiger partial charge is 0.481 e. The molecule has 3 unspecified atom stereocenters. The third kappa shape index (κ3) is 6.83. The van der Waals surface area contributed by atoms with E-state index in [0.29, 0.717) is 35.6 Å². The fourth-order valence-corrected chi connectivity index (χ4v) is 4.93. The Kier molecular flexibility index (Phi) is 8.66. The van der Waals surface area contributed by atoms with Gasteiger partial charge < -0.3 is 25.4 Å². The summed E-state index contributed by atoms with van der Waals surface area (Å²) in [6, 6.07) is 19.3. The number of aryl methyl sites for hydroxylation is 2. The quantitative estimate of drug-likeness (QED) is 0.374. The Balaban J connectivity index is 1.67. The van der Waals surface area contributed by atoms with Gasteiger partial charge in [-0.1, -0.05) is 47.5 Å². The van der Waals surface area contributed by atoms with Crippen LogP contribution < -0.4 is 15.5 Å². The zero-order chi connectivity index (χ0) is 28.1. The molecule has 8 nitrogen and oxygen atoms in total. The van der Waals surface area contributed by atoms with Crippen LogP contribution >= 0.6 is 0 Å². The highest BCUT2D eigenvalue weighted by Gasteiger charge is 2.29. The monoisotopic (exact) mass is 529 g/mol. The molecule has 3 N–H and O–H groups in total. The van der Waals surface area contributed by atoms with E-state index in [-0.39, 0.29) is 24.4 Å². The van der Waals surface area contributed by atoms with Crippen molar-refractivity contribution in [3.05, 3.63) is 94.5 Å². The molecule has 4 rings (SSSR count). The van der Waals surface area contributed by atoms with Crippen LogP contribution in [0.4, 0.5) is 11.4 Å². The number of carbonyl (C=O) groups excluding carboxylic acids is 2. The lowest BCUT2D eigenvalue weighted by Gasteiger charge is -2.41. The number of rotatable bonds is 8. The summed E-state index contributed by atoms with van der Waals surface area (Å²) in [7, 11) is 0. The van der Waals surface area contributed by atoms with Gasteiger partial charge in [-0.3, -0.25) is 14.4 Å². The molecule has 0 aromatic heterocycles. The van der Waals surface area contributed by atoms with Gasteiger partial charge in [0.15, 0.2) is 0 Å². The van der Waals surface area contributed by atoms with Crippen LogP contribution in [0.25, 0.3) is 0 Å². The maximum Gasteiger partial charge on any atom is 0.305 e. The van der Waals surface area contributed by atoms with Gasteiger partial charge in [0.2, 0.25) is 0 Å². The first kappa shape index (κ1) is 27.9. The molecule has 3 aromatic carbocycles. The first-order chi connectivity index (χ1) is 18.6. The molecule has 1 saturated heterocycles. The molecule has 0 aliphatic carbocycles. The van der Waals surface area contributed by atoms with E-state index in [2.05, 4.69) is 29.4 Å². The standard InChI is InChI=1S/C31H35N3O5/c1-19-8-10-23(11-9-19)26(16-29(35)36)32-31(38)25-12-13-28(34-21(3)17-39-18-22(34)4)27(15-25)33-30(37)24-7-5-6-20(2)14-24/h5-15,21-22,26H,16-18H2,1-4H3,(H,32,38)(H,33,37)(H,35,36). The minimum atomic E-state index is -1.02. The highest BCUT2D eigenvalue weighted by atomic mass is 16.5. The van der Waals surface area contributed by atoms with E-state index >= 15 is 0 Å². The smallest absolute Gasteiger partial charge is 0.305 e. The van der Waals surface area contributed by atoms with Crippen molar-refractivity contribution in [2.75, 3.05) is 23.4 Å². The van der Waals surface area contributed by atoms with Crippen LogP contribution in [0, 0.1) is 13.8 Å². The van der Waals surface area contributed by atoms with Crippen LogP contribution in [0.1, 0.15) is 63.7 Å². The average molecular weight is 530 g/mol. The summed E-state index contributed by atoms with van der Waals surface area (Å²) in [5, 5.41) is 15.4. The SMILES string of the molecule is Cc1ccc(C(CC(=O)O)NC(=O)c2ccc(N3C(C)COCC3C)c(NC(=O)c3cccc(C)c3)c2)cc1. The zero-order valence-electron chi connectivity index (χ0n) is 22.7. The molecular weight excluding hydrogens is 494 g/mol. The second kappa shape index (κ2) is 12.1. The molecule has 8 heteroatoms. The van der Waals surface area contributed by atoms with Gasteiger partial charge in [-0.2, -0.15) is 0 Å². The van der Waals surface area contributed by atoms with Crippen LogP contribution in [0.5, 0.6) is 0 Å². The molecule has 204 valence electrons. The summed E-state index contributed by atoms with van der Waals surface area (Å²) in [4.78, 5) is 40.4. The minimum Gasteiger partial charge on any atom is -0.481 e. The lowest BCUT2D eigenvalue weighted by atomic mass is 10.0. The number of ether oxygens (including phenoxy) is 1. The Bertz CT molecular complexity index is 1340. The summed E-state index contributed by atoms with van der Waals surface area (Å²) in [6.45, 7) is 9.07. The van der Waals surface area contributed by atoms with Crippen molar-refractivity contribution in [2.45, 2.75) is 52.2 Å². The number of carbonyl (C=O) groups is 3. The first-order valence-corrected chi connectivity index (χ1v) is 13.1. The molecule has 39 heavy (non-hydrogen) atoms. The second-order valence-corrected chi connectivity index (χ2v) is 10.2. The van der Waals surface area contributed by atoms with E-state index in [1.54, 1.807) is 18.2 Å². The number of morpholine rings is 1. The Morgan fingerprint density at radius 3 is 2.21 bits per heavy atom. The number of anilines is 2. The number of carboxylic acids is 1. The molecule has 1 fully saturated rings. The average Bonchev–Trinajstić information content (AvgIpc) is 2.89. The molecule has 1 aliphatic rings. The van der Waals surface area contributed by atoms with E-state index in [4.69, 9.17) is 4.74 Å². The van der Waals surface area contributed by atoms with Gasteiger partial charge in [0, 0.05) is 23.2 Å². The molecular formula is C31H35N3O5. The number of amides is 2. The fourth-order valence-electron chi connectivity index (χ4n) is 4.93. The minimum absolute atomic E-state index is 0.0598. The highest BCUT2D eigenvalue weighted by Crippen LogP contribution is 2.33. The van der Waals surface area contributed by atoms with Crippen LogP contribution in [0.3, 0.4) is 0 Å². The lowest BCUT2D eigenvalue weighted by Crippen LogP contribution is -2.50. The summed E-state index contributed by atoms with van der Waals surface area (Å²) in [5.74, 6) is -1.73. The number of nitrogens with one attached hydrogen (secondary N) is 2. The predicted molar refractivity (Wildman–Crippen MR) is 151 cm³/mol. The van der Waals surface area contributed by atoms with Gasteiger partial charge in [0.25, 0.3) is 11.8 Å². The Morgan fingerprint density at radius 1 is 0.897 bits per heavy atom. The van der Waals surface area contributed by atoms with E-state index in [0.717, 1.165) is 16.8 Å². The summed E-state index contributed by atoms with van der Waals surface area (Å²) < 4.78 is 5.69. The Morgan fingerprint density at radius 2 is 1.56 bits per heavy atom. The normalized spacial score (nSPS) is 17.8. The first-order valence-electron chi connectivity index (χ1n) is 13.1. The topological polar surface area (TPSA) is 108 Å². The molecule has 2 amide bonds. The molecule has 3 atom stereocenters. The predicted octanol–water partition coefficient (Wildman–Crippen LogP) is 5.12. The van der Waals surface area contributed by atoms with Crippen molar-refractivity contribution in [1.82, 2.24) is 5.32 Å². The van der Waals surface area contributed by atoms with Crippen molar-refractivity contribution >= 4 is 29.2 Å². The maximum absolute atomic E-state index is 13.4. The zero-order valence-corrected chi connectivity index (χ0v) is 22.7. The maximum atomic E-state index is 13.4. The van der Waals surface area contributed by atoms with E-state index in [1.165, 1.54) is 0 Å². The van der Waals surface area contributed by atoms with Gasteiger partial charge in [-0.15, -0.1) is 0 Å².